The smallest absolute Gasteiger partial charge is 0.267 e. The molecule has 1 aromatic rings. The van der Waals surface area contributed by atoms with Gasteiger partial charge in [0.25, 0.3) is 5.91 Å². The first-order chi connectivity index (χ1) is 9.67. The largest absolute Gasteiger partial charge is 0.390 e. The second-order valence-corrected chi connectivity index (χ2v) is 4.85. The topological polar surface area (TPSA) is 74.1 Å². The van der Waals surface area contributed by atoms with Crippen LogP contribution >= 0.6 is 15.9 Å². The molecule has 6 heteroatoms. The zero-order valence-corrected chi connectivity index (χ0v) is 12.7. The van der Waals surface area contributed by atoms with Crippen molar-refractivity contribution in [3.05, 3.63) is 40.5 Å². The summed E-state index contributed by atoms with van der Waals surface area (Å²) in [6.07, 6.45) is 2.23. The number of nitrogens with zero attached hydrogens (tertiary/aromatic N) is 1. The number of halogens is 1. The molecule has 1 rings (SSSR count). The lowest BCUT2D eigenvalue weighted by atomic mass is 10.2. The van der Waals surface area contributed by atoms with Gasteiger partial charge in [-0.1, -0.05) is 15.9 Å². The number of nitriles is 1. The van der Waals surface area contributed by atoms with Gasteiger partial charge in [0, 0.05) is 36.6 Å². The van der Waals surface area contributed by atoms with E-state index in [0.717, 1.165) is 10.9 Å². The molecule has 5 nitrogen and oxygen atoms in total. The summed E-state index contributed by atoms with van der Waals surface area (Å²) in [6, 6.07) is 9.00. The van der Waals surface area contributed by atoms with Crippen LogP contribution in [-0.4, -0.2) is 26.2 Å². The van der Waals surface area contributed by atoms with E-state index in [1.165, 1.54) is 6.20 Å². The van der Waals surface area contributed by atoms with Crippen molar-refractivity contribution in [3.63, 3.8) is 0 Å². The van der Waals surface area contributed by atoms with Gasteiger partial charge in [-0.05, 0) is 30.7 Å². The van der Waals surface area contributed by atoms with Gasteiger partial charge in [0.1, 0.15) is 11.6 Å². The standard InChI is InChI=1S/C14H16BrN3O2/c1-20-8-2-7-17-10-11(9-16)14(19)18-13-5-3-12(15)4-6-13/h3-6,10,17H,2,7-8H2,1H3,(H,18,19)/b11-10-. The predicted octanol–water partition coefficient (Wildman–Crippen LogP) is 2.42. The van der Waals surface area contributed by atoms with E-state index in [9.17, 15) is 4.79 Å². The van der Waals surface area contributed by atoms with Crippen molar-refractivity contribution in [1.29, 1.82) is 5.26 Å². The monoisotopic (exact) mass is 337 g/mol. The van der Waals surface area contributed by atoms with Crippen LogP contribution in [0.25, 0.3) is 0 Å². The van der Waals surface area contributed by atoms with Crippen LogP contribution in [0.3, 0.4) is 0 Å². The van der Waals surface area contributed by atoms with Crippen molar-refractivity contribution in [1.82, 2.24) is 5.32 Å². The molecule has 0 saturated heterocycles. The molecule has 0 spiro atoms. The maximum absolute atomic E-state index is 11.9. The fourth-order valence-electron chi connectivity index (χ4n) is 1.37. The molecule has 0 bridgehead atoms. The molecular weight excluding hydrogens is 322 g/mol. The van der Waals surface area contributed by atoms with Gasteiger partial charge in [0.15, 0.2) is 0 Å². The lowest BCUT2D eigenvalue weighted by Gasteiger charge is -2.05. The van der Waals surface area contributed by atoms with Crippen molar-refractivity contribution in [3.8, 4) is 6.07 Å². The Hall–Kier alpha value is -1.84. The molecule has 0 aliphatic carbocycles. The number of benzene rings is 1. The number of anilines is 1. The van der Waals surface area contributed by atoms with Gasteiger partial charge in [0.2, 0.25) is 0 Å². The Morgan fingerprint density at radius 2 is 2.15 bits per heavy atom. The molecule has 1 amide bonds. The molecule has 0 radical (unpaired) electrons. The quantitative estimate of drug-likeness (QED) is 0.455. The molecule has 0 heterocycles. The number of carbonyl (C=O) groups is 1. The van der Waals surface area contributed by atoms with E-state index in [1.807, 2.05) is 18.2 Å². The van der Waals surface area contributed by atoms with Crippen LogP contribution in [-0.2, 0) is 9.53 Å². The Morgan fingerprint density at radius 3 is 2.75 bits per heavy atom. The highest BCUT2D eigenvalue weighted by atomic mass is 79.9. The minimum Gasteiger partial charge on any atom is -0.390 e. The van der Waals surface area contributed by atoms with Crippen LogP contribution < -0.4 is 10.6 Å². The summed E-state index contributed by atoms with van der Waals surface area (Å²) in [5.41, 5.74) is 0.670. The number of carbonyl (C=O) groups excluding carboxylic acids is 1. The molecule has 2 N–H and O–H groups in total. The van der Waals surface area contributed by atoms with Crippen LogP contribution in [0.1, 0.15) is 6.42 Å². The molecule has 0 atom stereocenters. The van der Waals surface area contributed by atoms with Gasteiger partial charge in [-0.2, -0.15) is 5.26 Å². The minimum atomic E-state index is -0.436. The summed E-state index contributed by atoms with van der Waals surface area (Å²) in [7, 11) is 1.63. The fraction of sp³-hybridized carbons (Fsp3) is 0.286. The van der Waals surface area contributed by atoms with E-state index in [2.05, 4.69) is 26.6 Å². The van der Waals surface area contributed by atoms with Crippen molar-refractivity contribution in [2.45, 2.75) is 6.42 Å². The summed E-state index contributed by atoms with van der Waals surface area (Å²) in [5.74, 6) is -0.436. The summed E-state index contributed by atoms with van der Waals surface area (Å²) in [4.78, 5) is 11.9. The molecule has 1 aromatic carbocycles. The molecule has 0 saturated carbocycles. The van der Waals surface area contributed by atoms with Gasteiger partial charge in [-0.15, -0.1) is 0 Å². The third-order valence-electron chi connectivity index (χ3n) is 2.38. The van der Waals surface area contributed by atoms with E-state index < -0.39 is 5.91 Å². The lowest BCUT2D eigenvalue weighted by Crippen LogP contribution is -2.17. The van der Waals surface area contributed by atoms with E-state index >= 15 is 0 Å². The Bertz CT molecular complexity index is 506. The van der Waals surface area contributed by atoms with Crippen LogP contribution in [0.15, 0.2) is 40.5 Å². The van der Waals surface area contributed by atoms with Gasteiger partial charge < -0.3 is 15.4 Å². The first kappa shape index (κ1) is 16.2. The Balaban J connectivity index is 2.52. The normalized spacial score (nSPS) is 10.8. The van der Waals surface area contributed by atoms with E-state index in [0.29, 0.717) is 18.8 Å². The molecule has 0 aromatic heterocycles. The van der Waals surface area contributed by atoms with Crippen molar-refractivity contribution >= 4 is 27.5 Å². The molecule has 0 fully saturated rings. The lowest BCUT2D eigenvalue weighted by molar-refractivity contribution is -0.112. The van der Waals surface area contributed by atoms with Crippen molar-refractivity contribution in [2.24, 2.45) is 0 Å². The number of nitrogens with one attached hydrogen (secondary N) is 2. The molecule has 0 unspecified atom stereocenters. The second kappa shape index (κ2) is 9.13. The molecule has 0 aliphatic rings. The van der Waals surface area contributed by atoms with Crippen LogP contribution in [0, 0.1) is 11.3 Å². The zero-order chi connectivity index (χ0) is 14.8. The number of hydrogen-bond acceptors (Lipinski definition) is 4. The summed E-state index contributed by atoms with van der Waals surface area (Å²) < 4.78 is 5.83. The first-order valence-electron chi connectivity index (χ1n) is 6.07. The zero-order valence-electron chi connectivity index (χ0n) is 11.1. The highest BCUT2D eigenvalue weighted by Crippen LogP contribution is 2.14. The van der Waals surface area contributed by atoms with Crippen LogP contribution in [0.5, 0.6) is 0 Å². The SMILES string of the molecule is COCCCN/C=C(/C#N)C(=O)Nc1ccc(Br)cc1. The molecule has 106 valence electrons. The number of ether oxygens (including phenoxy) is 1. The van der Waals surface area contributed by atoms with E-state index in [-0.39, 0.29) is 5.57 Å². The second-order valence-electron chi connectivity index (χ2n) is 3.93. The van der Waals surface area contributed by atoms with E-state index in [1.54, 1.807) is 19.2 Å². The van der Waals surface area contributed by atoms with E-state index in [4.69, 9.17) is 10.00 Å². The fourth-order valence-corrected chi connectivity index (χ4v) is 1.64. The van der Waals surface area contributed by atoms with Crippen LogP contribution in [0.4, 0.5) is 5.69 Å². The van der Waals surface area contributed by atoms with Gasteiger partial charge >= 0.3 is 0 Å². The van der Waals surface area contributed by atoms with Gasteiger partial charge in [-0.25, -0.2) is 0 Å². The maximum Gasteiger partial charge on any atom is 0.267 e. The van der Waals surface area contributed by atoms with Crippen molar-refractivity contribution in [2.75, 3.05) is 25.6 Å². The molecule has 20 heavy (non-hydrogen) atoms. The highest BCUT2D eigenvalue weighted by Gasteiger charge is 2.08. The average molecular weight is 338 g/mol. The third kappa shape index (κ3) is 5.87. The molecule has 0 aliphatic heterocycles. The summed E-state index contributed by atoms with van der Waals surface area (Å²) in [5, 5.41) is 14.5. The highest BCUT2D eigenvalue weighted by molar-refractivity contribution is 9.10. The Labute approximate surface area is 126 Å². The van der Waals surface area contributed by atoms with Crippen molar-refractivity contribution < 1.29 is 9.53 Å². The number of rotatable bonds is 7. The van der Waals surface area contributed by atoms with Gasteiger partial charge in [0.05, 0.1) is 0 Å². The number of methoxy groups -OCH3 is 1. The predicted molar refractivity (Wildman–Crippen MR) is 81.0 cm³/mol. The average Bonchev–Trinajstić information content (AvgIpc) is 2.45. The maximum atomic E-state index is 11.9. The summed E-state index contributed by atoms with van der Waals surface area (Å²) >= 11 is 3.31. The summed E-state index contributed by atoms with van der Waals surface area (Å²) in [6.45, 7) is 1.28. The Morgan fingerprint density at radius 1 is 1.45 bits per heavy atom. The third-order valence-corrected chi connectivity index (χ3v) is 2.91. The number of hydrogen-bond donors (Lipinski definition) is 2. The first-order valence-corrected chi connectivity index (χ1v) is 6.86. The Kier molecular flexibility index (Phi) is 7.40. The van der Waals surface area contributed by atoms with Gasteiger partial charge in [-0.3, -0.25) is 4.79 Å². The minimum absolute atomic E-state index is 0.0327. The van der Waals surface area contributed by atoms with Crippen LogP contribution in [0.2, 0.25) is 0 Å². The molecular formula is C14H16BrN3O2. The number of amides is 1.